The highest BCUT2D eigenvalue weighted by molar-refractivity contribution is 7.10. The van der Waals surface area contributed by atoms with Gasteiger partial charge >= 0.3 is 6.09 Å². The van der Waals surface area contributed by atoms with Crippen molar-refractivity contribution in [3.63, 3.8) is 0 Å². The first-order valence-corrected chi connectivity index (χ1v) is 11.0. The topological polar surface area (TPSA) is 80.8 Å². The lowest BCUT2D eigenvalue weighted by Gasteiger charge is -2.32. The molecule has 1 aliphatic rings. The van der Waals surface area contributed by atoms with E-state index in [1.807, 2.05) is 20.8 Å². The molecule has 9 heteroatoms. The summed E-state index contributed by atoms with van der Waals surface area (Å²) in [6.45, 7) is 6.81. The summed E-state index contributed by atoms with van der Waals surface area (Å²) < 4.78 is 10.6. The molecule has 2 aromatic rings. The molecule has 0 spiro atoms. The van der Waals surface area contributed by atoms with Gasteiger partial charge in [0.25, 0.3) is 5.91 Å². The third-order valence-corrected chi connectivity index (χ3v) is 5.96. The van der Waals surface area contributed by atoms with Crippen LogP contribution in [0.4, 0.5) is 10.5 Å². The number of hydrogen-bond donors (Lipinski definition) is 1. The molecule has 0 radical (unpaired) electrons. The van der Waals surface area contributed by atoms with Crippen molar-refractivity contribution in [3.05, 3.63) is 39.3 Å². The Bertz CT molecular complexity index is 917. The van der Waals surface area contributed by atoms with Gasteiger partial charge in [0.05, 0.1) is 17.1 Å². The number of hydrogen-bond acceptors (Lipinski definition) is 6. The number of piperidine rings is 1. The number of nitrogens with zero attached hydrogens (tertiary/aromatic N) is 2. The largest absolute Gasteiger partial charge is 0.495 e. The average Bonchev–Trinajstić information content (AvgIpc) is 3.17. The predicted octanol–water partition coefficient (Wildman–Crippen LogP) is 5.17. The highest BCUT2D eigenvalue weighted by atomic mass is 35.5. The van der Waals surface area contributed by atoms with Crippen molar-refractivity contribution in [3.8, 4) is 5.75 Å². The van der Waals surface area contributed by atoms with Gasteiger partial charge in [0, 0.05) is 30.1 Å². The van der Waals surface area contributed by atoms with Gasteiger partial charge in [-0.1, -0.05) is 11.6 Å². The van der Waals surface area contributed by atoms with Gasteiger partial charge in [-0.05, 0) is 51.8 Å². The number of anilines is 1. The standard InChI is InChI=1S/C21H26ClN3O4S/c1-21(2,3)29-20(27)25-9-7-13(8-10-25)19-24-16(12-30-19)18(26)23-14-5-6-17(28-4)15(22)11-14/h5-6,11-13H,7-10H2,1-4H3,(H,23,26). The van der Waals surface area contributed by atoms with Gasteiger partial charge in [-0.2, -0.15) is 0 Å². The summed E-state index contributed by atoms with van der Waals surface area (Å²) in [5.74, 6) is 0.485. The Kier molecular flexibility index (Phi) is 6.88. The lowest BCUT2D eigenvalue weighted by molar-refractivity contribution is 0.0205. The van der Waals surface area contributed by atoms with E-state index >= 15 is 0 Å². The highest BCUT2D eigenvalue weighted by Gasteiger charge is 2.29. The van der Waals surface area contributed by atoms with Crippen molar-refractivity contribution in [2.45, 2.75) is 45.1 Å². The molecule has 1 fully saturated rings. The first-order chi connectivity index (χ1) is 14.2. The number of nitrogens with one attached hydrogen (secondary N) is 1. The predicted molar refractivity (Wildman–Crippen MR) is 118 cm³/mol. The second kappa shape index (κ2) is 9.22. The molecule has 3 rings (SSSR count). The number of benzene rings is 1. The maximum Gasteiger partial charge on any atom is 0.410 e. The van der Waals surface area contributed by atoms with Gasteiger partial charge in [-0.15, -0.1) is 11.3 Å². The molecule has 1 aromatic heterocycles. The van der Waals surface area contributed by atoms with Crippen molar-refractivity contribution in [2.24, 2.45) is 0 Å². The number of carbonyl (C=O) groups excluding carboxylic acids is 2. The maximum atomic E-state index is 12.5. The van der Waals surface area contributed by atoms with Crippen LogP contribution >= 0.6 is 22.9 Å². The minimum absolute atomic E-state index is 0.227. The highest BCUT2D eigenvalue weighted by Crippen LogP contribution is 2.31. The summed E-state index contributed by atoms with van der Waals surface area (Å²) in [7, 11) is 1.54. The molecule has 7 nitrogen and oxygen atoms in total. The van der Waals surface area contributed by atoms with E-state index in [4.69, 9.17) is 21.1 Å². The number of ether oxygens (including phenoxy) is 2. The quantitative estimate of drug-likeness (QED) is 0.693. The van der Waals surface area contributed by atoms with E-state index in [2.05, 4.69) is 10.3 Å². The molecule has 0 aliphatic carbocycles. The number of thiazole rings is 1. The molecule has 2 amide bonds. The molecule has 0 saturated carbocycles. The van der Waals surface area contributed by atoms with Gasteiger partial charge in [0.1, 0.15) is 17.0 Å². The van der Waals surface area contributed by atoms with E-state index in [0.29, 0.717) is 35.2 Å². The fourth-order valence-corrected chi connectivity index (χ4v) is 4.38. The maximum absolute atomic E-state index is 12.5. The van der Waals surface area contributed by atoms with E-state index < -0.39 is 5.60 Å². The Morgan fingerprint density at radius 1 is 1.27 bits per heavy atom. The van der Waals surface area contributed by atoms with Gasteiger partial charge in [-0.25, -0.2) is 9.78 Å². The molecule has 1 aromatic carbocycles. The number of methoxy groups -OCH3 is 1. The number of halogens is 1. The number of rotatable bonds is 4. The van der Waals surface area contributed by atoms with E-state index in [1.54, 1.807) is 28.5 Å². The molecule has 0 bridgehead atoms. The minimum Gasteiger partial charge on any atom is -0.495 e. The fraction of sp³-hybridized carbons (Fsp3) is 0.476. The normalized spacial score (nSPS) is 15.0. The zero-order valence-corrected chi connectivity index (χ0v) is 19.1. The molecule has 2 heterocycles. The monoisotopic (exact) mass is 451 g/mol. The van der Waals surface area contributed by atoms with Crippen molar-refractivity contribution in [2.75, 3.05) is 25.5 Å². The summed E-state index contributed by atoms with van der Waals surface area (Å²) in [6, 6.07) is 5.06. The van der Waals surface area contributed by atoms with Crippen LogP contribution in [0.15, 0.2) is 23.6 Å². The Labute approximate surface area is 185 Å². The third-order valence-electron chi connectivity index (χ3n) is 4.66. The minimum atomic E-state index is -0.500. The second-order valence-electron chi connectivity index (χ2n) is 8.12. The number of likely N-dealkylation sites (tertiary alicyclic amines) is 1. The van der Waals surface area contributed by atoms with Crippen molar-refractivity contribution in [1.82, 2.24) is 9.88 Å². The van der Waals surface area contributed by atoms with Crippen molar-refractivity contribution < 1.29 is 19.1 Å². The van der Waals surface area contributed by atoms with Crippen LogP contribution in [0.25, 0.3) is 0 Å². The lowest BCUT2D eigenvalue weighted by atomic mass is 9.98. The molecule has 162 valence electrons. The molecule has 0 atom stereocenters. The number of carbonyl (C=O) groups is 2. The number of aromatic nitrogens is 1. The fourth-order valence-electron chi connectivity index (χ4n) is 3.15. The van der Waals surface area contributed by atoms with Crippen LogP contribution in [0.1, 0.15) is 55.0 Å². The molecular weight excluding hydrogens is 426 g/mol. The summed E-state index contributed by atoms with van der Waals surface area (Å²) in [6.07, 6.45) is 1.31. The zero-order valence-electron chi connectivity index (χ0n) is 17.5. The molecule has 1 N–H and O–H groups in total. The molecule has 0 unspecified atom stereocenters. The second-order valence-corrected chi connectivity index (χ2v) is 9.41. The van der Waals surface area contributed by atoms with Crippen LogP contribution in [-0.2, 0) is 4.74 Å². The Hall–Kier alpha value is -2.32. The molecule has 1 saturated heterocycles. The van der Waals surface area contributed by atoms with Gasteiger partial charge < -0.3 is 19.7 Å². The summed E-state index contributed by atoms with van der Waals surface area (Å²) in [5.41, 5.74) is 0.446. The third kappa shape index (κ3) is 5.64. The molecule has 30 heavy (non-hydrogen) atoms. The van der Waals surface area contributed by atoms with Gasteiger partial charge in [0.15, 0.2) is 0 Å². The van der Waals surface area contributed by atoms with Crippen molar-refractivity contribution in [1.29, 1.82) is 0 Å². The van der Waals surface area contributed by atoms with Crippen LogP contribution in [0.5, 0.6) is 5.75 Å². The first-order valence-electron chi connectivity index (χ1n) is 9.74. The smallest absolute Gasteiger partial charge is 0.410 e. The SMILES string of the molecule is COc1ccc(NC(=O)c2csc(C3CCN(C(=O)OC(C)(C)C)CC3)n2)cc1Cl. The van der Waals surface area contributed by atoms with E-state index in [1.165, 1.54) is 18.4 Å². The zero-order chi connectivity index (χ0) is 21.9. The van der Waals surface area contributed by atoms with Gasteiger partial charge in [-0.3, -0.25) is 4.79 Å². The Morgan fingerprint density at radius 3 is 2.57 bits per heavy atom. The first kappa shape index (κ1) is 22.4. The van der Waals surface area contributed by atoms with Crippen LogP contribution in [0.2, 0.25) is 5.02 Å². The van der Waals surface area contributed by atoms with Gasteiger partial charge in [0.2, 0.25) is 0 Å². The van der Waals surface area contributed by atoms with Crippen LogP contribution < -0.4 is 10.1 Å². The summed E-state index contributed by atoms with van der Waals surface area (Å²) >= 11 is 7.58. The van der Waals surface area contributed by atoms with Crippen LogP contribution in [0, 0.1) is 0 Å². The summed E-state index contributed by atoms with van der Waals surface area (Å²) in [5, 5.41) is 5.90. The van der Waals surface area contributed by atoms with Crippen molar-refractivity contribution >= 4 is 40.6 Å². The average molecular weight is 452 g/mol. The Morgan fingerprint density at radius 2 is 1.97 bits per heavy atom. The Balaban J connectivity index is 1.57. The lowest BCUT2D eigenvalue weighted by Crippen LogP contribution is -2.41. The molecular formula is C21H26ClN3O4S. The number of amides is 2. The summed E-state index contributed by atoms with van der Waals surface area (Å²) in [4.78, 5) is 31.0. The van der Waals surface area contributed by atoms with Crippen LogP contribution in [-0.4, -0.2) is 47.7 Å². The van der Waals surface area contributed by atoms with E-state index in [-0.39, 0.29) is 17.9 Å². The van der Waals surface area contributed by atoms with E-state index in [9.17, 15) is 9.59 Å². The van der Waals surface area contributed by atoms with Crippen LogP contribution in [0.3, 0.4) is 0 Å². The van der Waals surface area contributed by atoms with E-state index in [0.717, 1.165) is 17.8 Å². The molecule has 1 aliphatic heterocycles.